The Morgan fingerprint density at radius 1 is 1.33 bits per heavy atom. The average Bonchev–Trinajstić information content (AvgIpc) is 2.36. The molecule has 0 aromatic heterocycles. The summed E-state index contributed by atoms with van der Waals surface area (Å²) in [6.45, 7) is 2.75. The number of amides is 1. The Labute approximate surface area is 122 Å². The van der Waals surface area contributed by atoms with Crippen LogP contribution in [0.3, 0.4) is 0 Å². The lowest BCUT2D eigenvalue weighted by molar-refractivity contribution is 0.0952. The normalized spacial score (nSPS) is 10.4. The van der Waals surface area contributed by atoms with Crippen LogP contribution in [-0.2, 0) is 0 Å². The second-order valence-corrected chi connectivity index (χ2v) is 6.13. The Balaban J connectivity index is 2.34. The van der Waals surface area contributed by atoms with E-state index in [-0.39, 0.29) is 5.91 Å². The van der Waals surface area contributed by atoms with E-state index in [4.69, 9.17) is 0 Å². The minimum absolute atomic E-state index is 0.00967. The summed E-state index contributed by atoms with van der Waals surface area (Å²) in [6.07, 6.45) is 5.58. The van der Waals surface area contributed by atoms with Crippen LogP contribution in [-0.4, -0.2) is 24.5 Å². The zero-order chi connectivity index (χ0) is 13.4. The number of rotatable bonds is 7. The third kappa shape index (κ3) is 5.44. The lowest BCUT2D eigenvalue weighted by atomic mass is 10.1. The van der Waals surface area contributed by atoms with Gasteiger partial charge in [0.1, 0.15) is 0 Å². The summed E-state index contributed by atoms with van der Waals surface area (Å²) < 4.78 is 0.855. The van der Waals surface area contributed by atoms with Crippen LogP contribution >= 0.6 is 27.7 Å². The number of hydrogen-bond donors (Lipinski definition) is 1. The molecule has 0 spiro atoms. The first-order valence-corrected chi connectivity index (χ1v) is 8.37. The molecule has 4 heteroatoms. The van der Waals surface area contributed by atoms with Crippen LogP contribution in [0.15, 0.2) is 22.7 Å². The van der Waals surface area contributed by atoms with Crippen LogP contribution in [0.5, 0.6) is 0 Å². The topological polar surface area (TPSA) is 29.1 Å². The van der Waals surface area contributed by atoms with E-state index in [1.54, 1.807) is 0 Å². The molecule has 0 atom stereocenters. The lowest BCUT2D eigenvalue weighted by Gasteiger charge is -2.07. The Hall–Kier alpha value is -0.480. The molecule has 0 heterocycles. The van der Waals surface area contributed by atoms with Crippen LogP contribution in [0, 0.1) is 6.92 Å². The highest BCUT2D eigenvalue weighted by atomic mass is 79.9. The zero-order valence-corrected chi connectivity index (χ0v) is 13.4. The fraction of sp³-hybridized carbons (Fsp3) is 0.500. The van der Waals surface area contributed by atoms with E-state index >= 15 is 0 Å². The van der Waals surface area contributed by atoms with Gasteiger partial charge in [0.25, 0.3) is 5.91 Å². The van der Waals surface area contributed by atoms with E-state index in [0.29, 0.717) is 0 Å². The molecule has 0 saturated heterocycles. The number of halogens is 1. The summed E-state index contributed by atoms with van der Waals surface area (Å²) in [5.74, 6) is 1.22. The molecule has 0 aliphatic rings. The number of aryl methyl sites for hydroxylation is 1. The number of benzene rings is 1. The molecule has 1 rings (SSSR count). The zero-order valence-electron chi connectivity index (χ0n) is 11.0. The van der Waals surface area contributed by atoms with Crippen molar-refractivity contribution in [2.75, 3.05) is 18.6 Å². The van der Waals surface area contributed by atoms with Crippen LogP contribution in [0.2, 0.25) is 0 Å². The molecule has 1 amide bonds. The largest absolute Gasteiger partial charge is 0.352 e. The summed E-state index contributed by atoms with van der Waals surface area (Å²) >= 11 is 5.28. The number of nitrogens with one attached hydrogen (secondary N) is 1. The highest BCUT2D eigenvalue weighted by Gasteiger charge is 2.09. The fourth-order valence-corrected chi connectivity index (χ4v) is 2.58. The van der Waals surface area contributed by atoms with E-state index < -0.39 is 0 Å². The van der Waals surface area contributed by atoms with Gasteiger partial charge >= 0.3 is 0 Å². The van der Waals surface area contributed by atoms with Crippen LogP contribution in [0.25, 0.3) is 0 Å². The van der Waals surface area contributed by atoms with Crippen molar-refractivity contribution in [1.82, 2.24) is 5.32 Å². The van der Waals surface area contributed by atoms with E-state index in [1.165, 1.54) is 18.6 Å². The quantitative estimate of drug-likeness (QED) is 0.765. The van der Waals surface area contributed by atoms with Gasteiger partial charge < -0.3 is 5.32 Å². The molecule has 0 saturated carbocycles. The maximum Gasteiger partial charge on any atom is 0.252 e. The molecule has 0 aliphatic heterocycles. The van der Waals surface area contributed by atoms with Crippen molar-refractivity contribution in [2.45, 2.75) is 26.2 Å². The minimum atomic E-state index is 0.00967. The molecular weight excluding hydrogens is 310 g/mol. The van der Waals surface area contributed by atoms with E-state index in [0.717, 1.165) is 28.6 Å². The van der Waals surface area contributed by atoms with Gasteiger partial charge in [0.2, 0.25) is 0 Å². The van der Waals surface area contributed by atoms with Gasteiger partial charge in [-0.25, -0.2) is 0 Å². The summed E-state index contributed by atoms with van der Waals surface area (Å²) in [5.41, 5.74) is 1.82. The van der Waals surface area contributed by atoms with E-state index in [1.807, 2.05) is 36.9 Å². The number of unbranched alkanes of at least 4 members (excludes halogenated alkanes) is 2. The second-order valence-electron chi connectivity index (χ2n) is 4.29. The summed E-state index contributed by atoms with van der Waals surface area (Å²) in [5, 5.41) is 2.97. The predicted molar refractivity (Wildman–Crippen MR) is 83.4 cm³/mol. The molecular formula is C14H20BrNOS. The molecule has 1 N–H and O–H groups in total. The van der Waals surface area contributed by atoms with Gasteiger partial charge in [-0.05, 0) is 59.8 Å². The monoisotopic (exact) mass is 329 g/mol. The first-order valence-electron chi connectivity index (χ1n) is 6.18. The molecule has 0 fully saturated rings. The third-order valence-electron chi connectivity index (χ3n) is 2.68. The van der Waals surface area contributed by atoms with E-state index in [9.17, 15) is 4.79 Å². The van der Waals surface area contributed by atoms with Crippen LogP contribution < -0.4 is 5.32 Å². The fourth-order valence-electron chi connectivity index (χ4n) is 1.66. The number of carbonyl (C=O) groups excluding carboxylic acids is 1. The van der Waals surface area contributed by atoms with Crippen molar-refractivity contribution in [3.05, 3.63) is 33.8 Å². The van der Waals surface area contributed by atoms with Gasteiger partial charge in [-0.15, -0.1) is 0 Å². The van der Waals surface area contributed by atoms with Gasteiger partial charge in [-0.3, -0.25) is 4.79 Å². The number of hydrogen-bond acceptors (Lipinski definition) is 2. The molecule has 0 aliphatic carbocycles. The second kappa shape index (κ2) is 8.59. The first-order chi connectivity index (χ1) is 8.65. The standard InChI is InChI=1S/C14H20BrNOS/c1-11-6-7-13(15)12(10-11)14(17)16-8-4-3-5-9-18-2/h6-7,10H,3-5,8-9H2,1-2H3,(H,16,17). The van der Waals surface area contributed by atoms with Gasteiger partial charge in [-0.1, -0.05) is 18.1 Å². The van der Waals surface area contributed by atoms with Crippen molar-refractivity contribution < 1.29 is 4.79 Å². The van der Waals surface area contributed by atoms with Gasteiger partial charge in [0, 0.05) is 11.0 Å². The van der Waals surface area contributed by atoms with E-state index in [2.05, 4.69) is 27.5 Å². The third-order valence-corrected chi connectivity index (χ3v) is 4.07. The van der Waals surface area contributed by atoms with Gasteiger partial charge in [-0.2, -0.15) is 11.8 Å². The maximum atomic E-state index is 12.0. The average molecular weight is 330 g/mol. The molecule has 0 bridgehead atoms. The SMILES string of the molecule is CSCCCCCNC(=O)c1cc(C)ccc1Br. The Morgan fingerprint density at radius 2 is 2.11 bits per heavy atom. The predicted octanol–water partition coefficient (Wildman–Crippen LogP) is 4.02. The van der Waals surface area contributed by atoms with Crippen molar-refractivity contribution in [2.24, 2.45) is 0 Å². The lowest BCUT2D eigenvalue weighted by Crippen LogP contribution is -2.24. The summed E-state index contributed by atoms with van der Waals surface area (Å²) in [7, 11) is 0. The molecule has 1 aromatic carbocycles. The number of thioether (sulfide) groups is 1. The highest BCUT2D eigenvalue weighted by Crippen LogP contribution is 2.17. The molecule has 2 nitrogen and oxygen atoms in total. The van der Waals surface area contributed by atoms with Crippen molar-refractivity contribution in [3.63, 3.8) is 0 Å². The highest BCUT2D eigenvalue weighted by molar-refractivity contribution is 9.10. The molecule has 18 heavy (non-hydrogen) atoms. The van der Waals surface area contributed by atoms with Gasteiger partial charge in [0.15, 0.2) is 0 Å². The minimum Gasteiger partial charge on any atom is -0.352 e. The molecule has 1 aromatic rings. The number of carbonyl (C=O) groups is 1. The molecule has 0 radical (unpaired) electrons. The van der Waals surface area contributed by atoms with Crippen LogP contribution in [0.4, 0.5) is 0 Å². The molecule has 0 unspecified atom stereocenters. The molecule has 100 valence electrons. The maximum absolute atomic E-state index is 12.0. The summed E-state index contributed by atoms with van der Waals surface area (Å²) in [6, 6.07) is 5.82. The Kier molecular flexibility index (Phi) is 7.44. The van der Waals surface area contributed by atoms with Crippen molar-refractivity contribution in [3.8, 4) is 0 Å². The van der Waals surface area contributed by atoms with Crippen LogP contribution in [0.1, 0.15) is 35.2 Å². The first kappa shape index (κ1) is 15.6. The summed E-state index contributed by atoms with van der Waals surface area (Å²) in [4.78, 5) is 12.0. The van der Waals surface area contributed by atoms with Crippen molar-refractivity contribution in [1.29, 1.82) is 0 Å². The van der Waals surface area contributed by atoms with Gasteiger partial charge in [0.05, 0.1) is 5.56 Å². The Bertz CT molecular complexity index is 395. The smallest absolute Gasteiger partial charge is 0.252 e. The Morgan fingerprint density at radius 3 is 2.83 bits per heavy atom. The van der Waals surface area contributed by atoms with Crippen molar-refractivity contribution >= 4 is 33.6 Å².